The van der Waals surface area contributed by atoms with E-state index in [4.69, 9.17) is 16.9 Å². The summed E-state index contributed by atoms with van der Waals surface area (Å²) in [5.41, 5.74) is 1.52. The molecule has 0 aliphatic carbocycles. The molecule has 0 fully saturated rings. The summed E-state index contributed by atoms with van der Waals surface area (Å²) in [6.45, 7) is 4.24. The van der Waals surface area contributed by atoms with Gasteiger partial charge in [-0.3, -0.25) is 9.59 Å². The van der Waals surface area contributed by atoms with Crippen molar-refractivity contribution in [3.8, 4) is 6.07 Å². The quantitative estimate of drug-likeness (QED) is 0.847. The molecule has 0 saturated heterocycles. The molecule has 1 aliphatic heterocycles. The zero-order valence-corrected chi connectivity index (χ0v) is 15.2. The number of halogens is 1. The number of hydrogen-bond acceptors (Lipinski definition) is 3. The maximum Gasteiger partial charge on any atom is 0.314 e. The lowest BCUT2D eigenvalue weighted by Gasteiger charge is -2.30. The van der Waals surface area contributed by atoms with E-state index in [0.29, 0.717) is 28.5 Å². The van der Waals surface area contributed by atoms with E-state index in [-0.39, 0.29) is 12.5 Å². The van der Waals surface area contributed by atoms with Crippen LogP contribution in [0.4, 0.5) is 0 Å². The topological polar surface area (TPSA) is 97.2 Å². The number of carbonyl (C=O) groups excluding carboxylic acids is 1. The fourth-order valence-corrected chi connectivity index (χ4v) is 3.56. The first kappa shape index (κ1) is 18.0. The lowest BCUT2D eigenvalue weighted by Crippen LogP contribution is -2.41. The molecule has 1 aromatic heterocycles. The number of nitriles is 1. The smallest absolute Gasteiger partial charge is 0.314 e. The molecule has 2 heterocycles. The van der Waals surface area contributed by atoms with Gasteiger partial charge >= 0.3 is 5.97 Å². The number of amides is 1. The van der Waals surface area contributed by atoms with Gasteiger partial charge in [0.25, 0.3) is 5.91 Å². The molecule has 7 heteroatoms. The summed E-state index contributed by atoms with van der Waals surface area (Å²) in [6, 6.07) is 10.2. The molecule has 26 heavy (non-hydrogen) atoms. The summed E-state index contributed by atoms with van der Waals surface area (Å²) in [6.07, 6.45) is 0. The molecule has 0 bridgehead atoms. The van der Waals surface area contributed by atoms with Crippen molar-refractivity contribution < 1.29 is 14.7 Å². The lowest BCUT2D eigenvalue weighted by atomic mass is 9.83. The highest BCUT2D eigenvalue weighted by atomic mass is 35.5. The van der Waals surface area contributed by atoms with Crippen LogP contribution in [0.3, 0.4) is 0 Å². The normalized spacial score (nSPS) is 18.5. The van der Waals surface area contributed by atoms with Crippen molar-refractivity contribution in [3.05, 3.63) is 57.9 Å². The first-order valence-corrected chi connectivity index (χ1v) is 8.52. The van der Waals surface area contributed by atoms with E-state index in [2.05, 4.69) is 4.98 Å². The zero-order valence-electron chi connectivity index (χ0n) is 14.4. The molecule has 0 spiro atoms. The number of rotatable bonds is 2. The number of aromatic amines is 1. The first-order valence-electron chi connectivity index (χ1n) is 8.14. The van der Waals surface area contributed by atoms with Gasteiger partial charge in [0.15, 0.2) is 0 Å². The number of nitrogens with one attached hydrogen (secondary N) is 1. The minimum absolute atomic E-state index is 0.0264. The molecule has 134 valence electrons. The second-order valence-corrected chi connectivity index (χ2v) is 7.53. The van der Waals surface area contributed by atoms with E-state index in [1.807, 2.05) is 19.9 Å². The minimum atomic E-state index is -1.04. The van der Waals surface area contributed by atoms with Crippen LogP contribution in [0.1, 0.15) is 47.1 Å². The van der Waals surface area contributed by atoms with Gasteiger partial charge in [0.1, 0.15) is 17.7 Å². The van der Waals surface area contributed by atoms with Gasteiger partial charge in [-0.2, -0.15) is 5.26 Å². The van der Waals surface area contributed by atoms with Gasteiger partial charge < -0.3 is 15.0 Å². The van der Waals surface area contributed by atoms with E-state index in [1.54, 1.807) is 35.2 Å². The van der Waals surface area contributed by atoms with Crippen molar-refractivity contribution in [1.29, 1.82) is 5.26 Å². The van der Waals surface area contributed by atoms with Gasteiger partial charge in [0.05, 0.1) is 0 Å². The molecular formula is C19H18ClN3O3. The van der Waals surface area contributed by atoms with Crippen LogP contribution in [0.25, 0.3) is 0 Å². The van der Waals surface area contributed by atoms with Crippen LogP contribution in [0.2, 0.25) is 5.02 Å². The molecule has 1 aromatic carbocycles. The molecule has 3 rings (SSSR count). The number of carboxylic acids is 1. The number of H-pyrrole nitrogens is 1. The van der Waals surface area contributed by atoms with Crippen LogP contribution in [-0.2, 0) is 10.2 Å². The Labute approximate surface area is 156 Å². The van der Waals surface area contributed by atoms with Crippen LogP contribution in [0.15, 0.2) is 30.3 Å². The number of fused-ring (bicyclic) bond motifs is 1. The van der Waals surface area contributed by atoms with Crippen LogP contribution in [-0.4, -0.2) is 40.0 Å². The number of carbonyl (C=O) groups is 2. The average molecular weight is 372 g/mol. The molecule has 1 amide bonds. The molecule has 2 aromatic rings. The molecule has 1 aliphatic rings. The largest absolute Gasteiger partial charge is 0.481 e. The van der Waals surface area contributed by atoms with Crippen LogP contribution >= 0.6 is 11.6 Å². The Morgan fingerprint density at radius 2 is 2.00 bits per heavy atom. The van der Waals surface area contributed by atoms with Crippen LogP contribution in [0, 0.1) is 11.3 Å². The number of nitrogens with zero attached hydrogens (tertiary/aromatic N) is 2. The van der Waals surface area contributed by atoms with Crippen molar-refractivity contribution >= 4 is 23.5 Å². The monoisotopic (exact) mass is 371 g/mol. The summed E-state index contributed by atoms with van der Waals surface area (Å²) < 4.78 is 0. The molecular weight excluding hydrogens is 354 g/mol. The lowest BCUT2D eigenvalue weighted by molar-refractivity contribution is -0.139. The summed E-state index contributed by atoms with van der Waals surface area (Å²) in [4.78, 5) is 29.3. The van der Waals surface area contributed by atoms with E-state index < -0.39 is 17.3 Å². The van der Waals surface area contributed by atoms with Crippen molar-refractivity contribution in [2.45, 2.75) is 25.2 Å². The Balaban J connectivity index is 2.03. The Hall–Kier alpha value is -2.78. The van der Waals surface area contributed by atoms with Crippen molar-refractivity contribution in [3.63, 3.8) is 0 Å². The highest BCUT2D eigenvalue weighted by molar-refractivity contribution is 6.30. The standard InChI is InChI=1S/C19H18ClN3O3/c1-19(2)10-23(17(24)11-3-5-12(20)6-4-11)9-14(18(25)26)16-15(19)7-13(8-21)22-16/h3-7,14,22H,9-10H2,1-2H3,(H,25,26). The van der Waals surface area contributed by atoms with E-state index in [1.165, 1.54) is 0 Å². The van der Waals surface area contributed by atoms with Crippen molar-refractivity contribution in [2.75, 3.05) is 13.1 Å². The Morgan fingerprint density at radius 3 is 2.58 bits per heavy atom. The molecule has 0 radical (unpaired) electrons. The van der Waals surface area contributed by atoms with Gasteiger partial charge in [-0.25, -0.2) is 0 Å². The van der Waals surface area contributed by atoms with Crippen LogP contribution in [0.5, 0.6) is 0 Å². The van der Waals surface area contributed by atoms with Gasteiger partial charge in [-0.1, -0.05) is 25.4 Å². The molecule has 1 atom stereocenters. The average Bonchev–Trinajstić information content (AvgIpc) is 2.99. The number of aromatic nitrogens is 1. The predicted molar refractivity (Wildman–Crippen MR) is 96.3 cm³/mol. The number of hydrogen-bond donors (Lipinski definition) is 2. The van der Waals surface area contributed by atoms with Crippen molar-refractivity contribution in [2.24, 2.45) is 0 Å². The number of carboxylic acid groups (broad SMARTS) is 1. The Bertz CT molecular complexity index is 909. The molecule has 6 nitrogen and oxygen atoms in total. The van der Waals surface area contributed by atoms with Crippen molar-refractivity contribution in [1.82, 2.24) is 9.88 Å². The van der Waals surface area contributed by atoms with E-state index in [9.17, 15) is 14.7 Å². The van der Waals surface area contributed by atoms with E-state index in [0.717, 1.165) is 5.56 Å². The Morgan fingerprint density at radius 1 is 1.35 bits per heavy atom. The maximum absolute atomic E-state index is 12.9. The fourth-order valence-electron chi connectivity index (χ4n) is 3.44. The highest BCUT2D eigenvalue weighted by Gasteiger charge is 2.40. The molecule has 1 unspecified atom stereocenters. The second-order valence-electron chi connectivity index (χ2n) is 7.09. The van der Waals surface area contributed by atoms with E-state index >= 15 is 0 Å². The number of aliphatic carboxylic acids is 1. The second kappa shape index (κ2) is 6.50. The van der Waals surface area contributed by atoms with Gasteiger partial charge in [-0.15, -0.1) is 0 Å². The summed E-state index contributed by atoms with van der Waals surface area (Å²) in [5.74, 6) is -2.21. The third-order valence-electron chi connectivity index (χ3n) is 4.71. The predicted octanol–water partition coefficient (Wildman–Crippen LogP) is 3.14. The first-order chi connectivity index (χ1) is 12.2. The van der Waals surface area contributed by atoms with Gasteiger partial charge in [-0.05, 0) is 35.9 Å². The minimum Gasteiger partial charge on any atom is -0.481 e. The van der Waals surface area contributed by atoms with Gasteiger partial charge in [0, 0.05) is 34.8 Å². The third-order valence-corrected chi connectivity index (χ3v) is 4.96. The highest BCUT2D eigenvalue weighted by Crippen LogP contribution is 2.37. The van der Waals surface area contributed by atoms with Crippen LogP contribution < -0.4 is 0 Å². The fraction of sp³-hybridized carbons (Fsp3) is 0.316. The molecule has 2 N–H and O–H groups in total. The Kier molecular flexibility index (Phi) is 4.51. The zero-order chi connectivity index (χ0) is 19.1. The number of benzene rings is 1. The third kappa shape index (κ3) is 3.18. The SMILES string of the molecule is CC1(C)CN(C(=O)c2ccc(Cl)cc2)CC(C(=O)O)c2[nH]c(C#N)cc21. The molecule has 0 saturated carbocycles. The summed E-state index contributed by atoms with van der Waals surface area (Å²) >= 11 is 5.88. The summed E-state index contributed by atoms with van der Waals surface area (Å²) in [5, 5.41) is 19.4. The summed E-state index contributed by atoms with van der Waals surface area (Å²) in [7, 11) is 0. The maximum atomic E-state index is 12.9. The van der Waals surface area contributed by atoms with Gasteiger partial charge in [0.2, 0.25) is 0 Å².